The lowest BCUT2D eigenvalue weighted by atomic mass is 10.2. The Morgan fingerprint density at radius 3 is 2.75 bits per heavy atom. The van der Waals surface area contributed by atoms with E-state index >= 15 is 0 Å². The van der Waals surface area contributed by atoms with E-state index in [1.54, 1.807) is 11.3 Å². The summed E-state index contributed by atoms with van der Waals surface area (Å²) in [5, 5.41) is 0. The third-order valence-corrected chi connectivity index (χ3v) is 3.24. The van der Waals surface area contributed by atoms with Gasteiger partial charge in [0.1, 0.15) is 0 Å². The SMILES string of the molecule is CCc1ccc([C@H](N)CCN)s1. The van der Waals surface area contributed by atoms with Gasteiger partial charge in [-0.15, -0.1) is 11.3 Å². The van der Waals surface area contributed by atoms with Gasteiger partial charge in [-0.3, -0.25) is 0 Å². The second-order valence-corrected chi connectivity index (χ2v) is 4.04. The van der Waals surface area contributed by atoms with Crippen LogP contribution in [0.4, 0.5) is 0 Å². The van der Waals surface area contributed by atoms with Gasteiger partial charge >= 0.3 is 0 Å². The summed E-state index contributed by atoms with van der Waals surface area (Å²) in [4.78, 5) is 2.66. The summed E-state index contributed by atoms with van der Waals surface area (Å²) in [5.41, 5.74) is 11.3. The van der Waals surface area contributed by atoms with Crippen LogP contribution in [-0.4, -0.2) is 6.54 Å². The van der Waals surface area contributed by atoms with Crippen LogP contribution in [0.25, 0.3) is 0 Å². The molecule has 2 nitrogen and oxygen atoms in total. The summed E-state index contributed by atoms with van der Waals surface area (Å²) in [6.07, 6.45) is 1.98. The monoisotopic (exact) mass is 184 g/mol. The maximum atomic E-state index is 5.90. The minimum atomic E-state index is 0.139. The molecule has 1 aromatic heterocycles. The van der Waals surface area contributed by atoms with E-state index in [1.807, 2.05) is 0 Å². The van der Waals surface area contributed by atoms with Crippen LogP contribution in [0.3, 0.4) is 0 Å². The Kier molecular flexibility index (Phi) is 3.72. The third kappa shape index (κ3) is 2.30. The molecule has 1 atom stereocenters. The highest BCUT2D eigenvalue weighted by Gasteiger charge is 2.06. The average Bonchev–Trinajstić information content (AvgIpc) is 2.52. The Morgan fingerprint density at radius 1 is 1.50 bits per heavy atom. The van der Waals surface area contributed by atoms with Crippen molar-refractivity contribution in [3.05, 3.63) is 21.9 Å². The smallest absolute Gasteiger partial charge is 0.0401 e. The molecule has 1 aromatic rings. The van der Waals surface area contributed by atoms with E-state index in [4.69, 9.17) is 11.5 Å². The molecular formula is C9H16N2S. The van der Waals surface area contributed by atoms with Crippen molar-refractivity contribution in [3.63, 3.8) is 0 Å². The fourth-order valence-corrected chi connectivity index (χ4v) is 2.09. The van der Waals surface area contributed by atoms with E-state index in [2.05, 4.69) is 19.1 Å². The molecule has 0 bridgehead atoms. The Hall–Kier alpha value is -0.380. The lowest BCUT2D eigenvalue weighted by Crippen LogP contribution is -2.13. The lowest BCUT2D eigenvalue weighted by Gasteiger charge is -2.06. The molecule has 0 aliphatic rings. The summed E-state index contributed by atoms with van der Waals surface area (Å²) >= 11 is 1.80. The van der Waals surface area contributed by atoms with Crippen molar-refractivity contribution in [1.29, 1.82) is 0 Å². The van der Waals surface area contributed by atoms with Crippen molar-refractivity contribution in [1.82, 2.24) is 0 Å². The topological polar surface area (TPSA) is 52.0 Å². The molecule has 0 saturated heterocycles. The van der Waals surface area contributed by atoms with Crippen LogP contribution >= 0.6 is 11.3 Å². The normalized spacial score (nSPS) is 13.2. The summed E-state index contributed by atoms with van der Waals surface area (Å²) in [7, 11) is 0. The fraction of sp³-hybridized carbons (Fsp3) is 0.556. The van der Waals surface area contributed by atoms with Crippen molar-refractivity contribution >= 4 is 11.3 Å². The van der Waals surface area contributed by atoms with Crippen LogP contribution in [0.15, 0.2) is 12.1 Å². The molecule has 0 saturated carbocycles. The standard InChI is InChI=1S/C9H16N2S/c1-2-7-3-4-9(12-7)8(11)5-6-10/h3-4,8H,2,5-6,10-11H2,1H3/t8-/m1/s1. The predicted octanol–water partition coefficient (Wildman–Crippen LogP) is 1.66. The number of thiophene rings is 1. The summed E-state index contributed by atoms with van der Waals surface area (Å²) in [6.45, 7) is 2.82. The van der Waals surface area contributed by atoms with Crippen molar-refractivity contribution in [3.8, 4) is 0 Å². The van der Waals surface area contributed by atoms with Crippen molar-refractivity contribution in [2.75, 3.05) is 6.54 Å². The highest BCUT2D eigenvalue weighted by molar-refractivity contribution is 7.12. The van der Waals surface area contributed by atoms with E-state index in [0.717, 1.165) is 12.8 Å². The van der Waals surface area contributed by atoms with Gasteiger partial charge in [-0.05, 0) is 31.5 Å². The highest BCUT2D eigenvalue weighted by atomic mass is 32.1. The van der Waals surface area contributed by atoms with Gasteiger partial charge in [0.15, 0.2) is 0 Å². The van der Waals surface area contributed by atoms with Gasteiger partial charge < -0.3 is 11.5 Å². The van der Waals surface area contributed by atoms with Crippen molar-refractivity contribution in [2.45, 2.75) is 25.8 Å². The van der Waals surface area contributed by atoms with Gasteiger partial charge in [0.2, 0.25) is 0 Å². The van der Waals surface area contributed by atoms with E-state index in [9.17, 15) is 0 Å². The molecule has 0 aromatic carbocycles. The molecule has 12 heavy (non-hydrogen) atoms. The Morgan fingerprint density at radius 2 is 2.25 bits per heavy atom. The Labute approximate surface area is 77.6 Å². The molecule has 0 unspecified atom stereocenters. The molecule has 0 aliphatic carbocycles. The van der Waals surface area contributed by atoms with Crippen molar-refractivity contribution < 1.29 is 0 Å². The first-order chi connectivity index (χ1) is 5.77. The zero-order valence-electron chi connectivity index (χ0n) is 7.42. The number of hydrogen-bond donors (Lipinski definition) is 2. The van der Waals surface area contributed by atoms with Crippen LogP contribution in [0.5, 0.6) is 0 Å². The largest absolute Gasteiger partial charge is 0.330 e. The van der Waals surface area contributed by atoms with Crippen LogP contribution in [0, 0.1) is 0 Å². The molecular weight excluding hydrogens is 168 g/mol. The average molecular weight is 184 g/mol. The molecule has 0 fully saturated rings. The van der Waals surface area contributed by atoms with E-state index < -0.39 is 0 Å². The summed E-state index contributed by atoms with van der Waals surface area (Å²) in [6, 6.07) is 4.40. The van der Waals surface area contributed by atoms with Crippen molar-refractivity contribution in [2.24, 2.45) is 11.5 Å². The molecule has 3 heteroatoms. The second kappa shape index (κ2) is 4.60. The maximum Gasteiger partial charge on any atom is 0.0401 e. The zero-order valence-corrected chi connectivity index (χ0v) is 8.23. The second-order valence-electron chi connectivity index (χ2n) is 2.84. The van der Waals surface area contributed by atoms with Crippen LogP contribution in [-0.2, 0) is 6.42 Å². The third-order valence-electron chi connectivity index (χ3n) is 1.87. The minimum Gasteiger partial charge on any atom is -0.330 e. The maximum absolute atomic E-state index is 5.90. The molecule has 1 heterocycles. The quantitative estimate of drug-likeness (QED) is 0.747. The van der Waals surface area contributed by atoms with E-state index in [0.29, 0.717) is 6.54 Å². The van der Waals surface area contributed by atoms with Gasteiger partial charge in [0.05, 0.1) is 0 Å². The molecule has 1 rings (SSSR count). The first-order valence-electron chi connectivity index (χ1n) is 4.32. The van der Waals surface area contributed by atoms with Gasteiger partial charge in [-0.25, -0.2) is 0 Å². The lowest BCUT2D eigenvalue weighted by molar-refractivity contribution is 0.672. The molecule has 0 amide bonds. The first kappa shape index (κ1) is 9.71. The van der Waals surface area contributed by atoms with E-state index in [-0.39, 0.29) is 6.04 Å². The first-order valence-corrected chi connectivity index (χ1v) is 5.13. The van der Waals surface area contributed by atoms with Crippen LogP contribution in [0.2, 0.25) is 0 Å². The molecule has 68 valence electrons. The van der Waals surface area contributed by atoms with Gasteiger partial charge in [0.25, 0.3) is 0 Å². The summed E-state index contributed by atoms with van der Waals surface area (Å²) < 4.78 is 0. The number of nitrogens with two attached hydrogens (primary N) is 2. The number of hydrogen-bond acceptors (Lipinski definition) is 3. The number of rotatable bonds is 4. The molecule has 4 N–H and O–H groups in total. The van der Waals surface area contributed by atoms with Gasteiger partial charge in [-0.2, -0.15) is 0 Å². The van der Waals surface area contributed by atoms with Crippen LogP contribution in [0.1, 0.15) is 29.1 Å². The van der Waals surface area contributed by atoms with Crippen LogP contribution < -0.4 is 11.5 Å². The molecule has 0 aliphatic heterocycles. The predicted molar refractivity (Wildman–Crippen MR) is 54.3 cm³/mol. The fourth-order valence-electron chi connectivity index (χ4n) is 1.11. The van der Waals surface area contributed by atoms with Gasteiger partial charge in [-0.1, -0.05) is 6.92 Å². The minimum absolute atomic E-state index is 0.139. The Bertz CT molecular complexity index is 232. The summed E-state index contributed by atoms with van der Waals surface area (Å²) in [5.74, 6) is 0. The number of aryl methyl sites for hydroxylation is 1. The molecule has 0 radical (unpaired) electrons. The Balaban J connectivity index is 2.61. The van der Waals surface area contributed by atoms with Gasteiger partial charge in [0, 0.05) is 15.8 Å². The van der Waals surface area contributed by atoms with E-state index in [1.165, 1.54) is 9.75 Å². The highest BCUT2D eigenvalue weighted by Crippen LogP contribution is 2.23. The molecule has 0 spiro atoms. The zero-order chi connectivity index (χ0) is 8.97.